The zero-order valence-electron chi connectivity index (χ0n) is 9.85. The summed E-state index contributed by atoms with van der Waals surface area (Å²) >= 11 is 0. The first kappa shape index (κ1) is 11.5. The number of terminal acetylenes is 1. The van der Waals surface area contributed by atoms with Gasteiger partial charge < -0.3 is 9.64 Å². The van der Waals surface area contributed by atoms with E-state index in [-0.39, 0.29) is 11.8 Å². The van der Waals surface area contributed by atoms with Gasteiger partial charge in [0.05, 0.1) is 12.3 Å². The first-order valence-corrected chi connectivity index (χ1v) is 5.74. The minimum Gasteiger partial charge on any atom is -0.492 e. The van der Waals surface area contributed by atoms with Crippen LogP contribution in [0.3, 0.4) is 0 Å². The Morgan fingerprint density at radius 1 is 1.53 bits per heavy atom. The van der Waals surface area contributed by atoms with Gasteiger partial charge in [-0.25, -0.2) is 0 Å². The highest BCUT2D eigenvalue weighted by Gasteiger charge is 2.30. The average Bonchev–Trinajstić information content (AvgIpc) is 2.72. The molecule has 1 aromatic rings. The SMILES string of the molecule is C#CC1CC(=O)N(c2ccccc2OCC)C1. The number of hydrogen-bond donors (Lipinski definition) is 0. The number of para-hydroxylation sites is 2. The Morgan fingerprint density at radius 2 is 2.29 bits per heavy atom. The standard InChI is InChI=1S/C14H15NO2/c1-3-11-9-14(16)15(10-11)12-7-5-6-8-13(12)17-4-2/h1,5-8,11H,4,9-10H2,2H3. The second-order valence-electron chi connectivity index (χ2n) is 3.97. The third-order valence-corrected chi connectivity index (χ3v) is 2.82. The molecule has 1 unspecified atom stereocenters. The van der Waals surface area contributed by atoms with E-state index in [1.54, 1.807) is 4.90 Å². The molecule has 1 aliphatic heterocycles. The van der Waals surface area contributed by atoms with Crippen molar-refractivity contribution in [1.29, 1.82) is 0 Å². The molecule has 1 fully saturated rings. The number of ether oxygens (including phenoxy) is 1. The monoisotopic (exact) mass is 229 g/mol. The number of amides is 1. The van der Waals surface area contributed by atoms with Gasteiger partial charge >= 0.3 is 0 Å². The lowest BCUT2D eigenvalue weighted by atomic mass is 10.1. The molecule has 17 heavy (non-hydrogen) atoms. The quantitative estimate of drug-likeness (QED) is 0.743. The van der Waals surface area contributed by atoms with Crippen molar-refractivity contribution >= 4 is 11.6 Å². The molecule has 1 atom stereocenters. The Kier molecular flexibility index (Phi) is 3.34. The van der Waals surface area contributed by atoms with Crippen LogP contribution in [0.2, 0.25) is 0 Å². The van der Waals surface area contributed by atoms with E-state index in [0.717, 1.165) is 11.4 Å². The van der Waals surface area contributed by atoms with Gasteiger partial charge in [-0.1, -0.05) is 12.1 Å². The van der Waals surface area contributed by atoms with Crippen LogP contribution in [0.4, 0.5) is 5.69 Å². The highest BCUT2D eigenvalue weighted by molar-refractivity contribution is 5.97. The highest BCUT2D eigenvalue weighted by Crippen LogP contribution is 2.32. The summed E-state index contributed by atoms with van der Waals surface area (Å²) in [6, 6.07) is 7.55. The Labute approximate surface area is 101 Å². The number of hydrogen-bond acceptors (Lipinski definition) is 2. The molecule has 0 bridgehead atoms. The topological polar surface area (TPSA) is 29.5 Å². The van der Waals surface area contributed by atoms with Crippen LogP contribution in [-0.2, 0) is 4.79 Å². The van der Waals surface area contributed by atoms with Crippen molar-refractivity contribution in [3.05, 3.63) is 24.3 Å². The van der Waals surface area contributed by atoms with Gasteiger partial charge in [0.2, 0.25) is 5.91 Å². The Bertz CT molecular complexity index is 462. The van der Waals surface area contributed by atoms with Gasteiger partial charge in [-0.2, -0.15) is 0 Å². The molecule has 0 N–H and O–H groups in total. The van der Waals surface area contributed by atoms with Crippen molar-refractivity contribution in [3.8, 4) is 18.1 Å². The van der Waals surface area contributed by atoms with E-state index in [2.05, 4.69) is 5.92 Å². The molecule has 0 spiro atoms. The summed E-state index contributed by atoms with van der Waals surface area (Å²) in [5, 5.41) is 0. The molecule has 2 rings (SSSR count). The normalized spacial score (nSPS) is 19.2. The molecule has 0 saturated carbocycles. The summed E-state index contributed by atoms with van der Waals surface area (Å²) < 4.78 is 5.52. The van der Waals surface area contributed by atoms with E-state index >= 15 is 0 Å². The summed E-state index contributed by atoms with van der Waals surface area (Å²) in [6.07, 6.45) is 5.80. The van der Waals surface area contributed by atoms with Crippen molar-refractivity contribution in [1.82, 2.24) is 0 Å². The van der Waals surface area contributed by atoms with E-state index in [1.807, 2.05) is 31.2 Å². The van der Waals surface area contributed by atoms with Crippen LogP contribution < -0.4 is 9.64 Å². The van der Waals surface area contributed by atoms with E-state index in [0.29, 0.717) is 19.6 Å². The van der Waals surface area contributed by atoms with Gasteiger partial charge in [-0.3, -0.25) is 4.79 Å². The molecule has 1 aromatic carbocycles. The predicted octanol–water partition coefficient (Wildman–Crippen LogP) is 2.07. The van der Waals surface area contributed by atoms with Crippen molar-refractivity contribution in [2.45, 2.75) is 13.3 Å². The number of rotatable bonds is 3. The van der Waals surface area contributed by atoms with Gasteiger partial charge in [0.25, 0.3) is 0 Å². The number of carbonyl (C=O) groups excluding carboxylic acids is 1. The maximum atomic E-state index is 11.9. The first-order chi connectivity index (χ1) is 8.26. The molecule has 0 aliphatic carbocycles. The molecule has 1 aliphatic rings. The molecule has 1 saturated heterocycles. The zero-order valence-corrected chi connectivity index (χ0v) is 9.85. The maximum Gasteiger partial charge on any atom is 0.228 e. The summed E-state index contributed by atoms with van der Waals surface area (Å²) in [6.45, 7) is 3.09. The molecule has 88 valence electrons. The third kappa shape index (κ3) is 2.26. The largest absolute Gasteiger partial charge is 0.492 e. The van der Waals surface area contributed by atoms with Gasteiger partial charge in [-0.05, 0) is 19.1 Å². The highest BCUT2D eigenvalue weighted by atomic mass is 16.5. The number of anilines is 1. The minimum atomic E-state index is 0.0113. The van der Waals surface area contributed by atoms with E-state index in [9.17, 15) is 4.79 Å². The van der Waals surface area contributed by atoms with Gasteiger partial charge in [-0.15, -0.1) is 12.3 Å². The summed E-state index contributed by atoms with van der Waals surface area (Å²) in [5.74, 6) is 3.46. The molecule has 3 heteroatoms. The van der Waals surface area contributed by atoms with Crippen LogP contribution in [0.25, 0.3) is 0 Å². The van der Waals surface area contributed by atoms with Crippen LogP contribution >= 0.6 is 0 Å². The van der Waals surface area contributed by atoms with Crippen LogP contribution in [0.1, 0.15) is 13.3 Å². The second-order valence-corrected chi connectivity index (χ2v) is 3.97. The van der Waals surface area contributed by atoms with Gasteiger partial charge in [0.15, 0.2) is 0 Å². The maximum absolute atomic E-state index is 11.9. The number of benzene rings is 1. The van der Waals surface area contributed by atoms with Crippen LogP contribution in [0.15, 0.2) is 24.3 Å². The van der Waals surface area contributed by atoms with Gasteiger partial charge in [0.1, 0.15) is 5.75 Å². The number of carbonyl (C=O) groups is 1. The Balaban J connectivity index is 2.28. The summed E-state index contributed by atoms with van der Waals surface area (Å²) in [4.78, 5) is 13.6. The molecule has 0 radical (unpaired) electrons. The van der Waals surface area contributed by atoms with Crippen LogP contribution in [0.5, 0.6) is 5.75 Å². The fourth-order valence-electron chi connectivity index (χ4n) is 2.01. The smallest absolute Gasteiger partial charge is 0.228 e. The second kappa shape index (κ2) is 4.92. The summed E-state index contributed by atoms with van der Waals surface area (Å²) in [7, 11) is 0. The van der Waals surface area contributed by atoms with Crippen molar-refractivity contribution in [2.24, 2.45) is 5.92 Å². The molecule has 3 nitrogen and oxygen atoms in total. The fraction of sp³-hybridized carbons (Fsp3) is 0.357. The lowest BCUT2D eigenvalue weighted by Gasteiger charge is -2.19. The summed E-state index contributed by atoms with van der Waals surface area (Å²) in [5.41, 5.74) is 0.817. The van der Waals surface area contributed by atoms with E-state index < -0.39 is 0 Å². The van der Waals surface area contributed by atoms with Crippen LogP contribution in [-0.4, -0.2) is 19.1 Å². The zero-order chi connectivity index (χ0) is 12.3. The van der Waals surface area contributed by atoms with E-state index in [4.69, 9.17) is 11.2 Å². The predicted molar refractivity (Wildman–Crippen MR) is 66.9 cm³/mol. The third-order valence-electron chi connectivity index (χ3n) is 2.82. The molecular weight excluding hydrogens is 214 g/mol. The van der Waals surface area contributed by atoms with E-state index in [1.165, 1.54) is 0 Å². The Hall–Kier alpha value is -1.95. The minimum absolute atomic E-state index is 0.0113. The van der Waals surface area contributed by atoms with Gasteiger partial charge in [0, 0.05) is 18.9 Å². The molecule has 1 amide bonds. The lowest BCUT2D eigenvalue weighted by Crippen LogP contribution is -2.25. The molecule has 0 aromatic heterocycles. The lowest BCUT2D eigenvalue weighted by molar-refractivity contribution is -0.117. The fourth-order valence-corrected chi connectivity index (χ4v) is 2.01. The first-order valence-electron chi connectivity index (χ1n) is 5.74. The Morgan fingerprint density at radius 3 is 2.94 bits per heavy atom. The molecular formula is C14H15NO2. The van der Waals surface area contributed by atoms with Crippen molar-refractivity contribution in [3.63, 3.8) is 0 Å². The van der Waals surface area contributed by atoms with Crippen molar-refractivity contribution in [2.75, 3.05) is 18.1 Å². The number of nitrogens with zero attached hydrogens (tertiary/aromatic N) is 1. The van der Waals surface area contributed by atoms with Crippen molar-refractivity contribution < 1.29 is 9.53 Å². The average molecular weight is 229 g/mol. The molecule has 1 heterocycles. The van der Waals surface area contributed by atoms with Crippen LogP contribution in [0, 0.1) is 18.3 Å².